The molecule has 0 rings (SSSR count). The van der Waals surface area contributed by atoms with Crippen LogP contribution in [-0.2, 0) is 15.0 Å². The van der Waals surface area contributed by atoms with Gasteiger partial charge in [-0.2, -0.15) is 8.42 Å². The molecule has 0 aromatic heterocycles. The van der Waals surface area contributed by atoms with E-state index < -0.39 is 16.2 Å². The minimum atomic E-state index is -3.34. The van der Waals surface area contributed by atoms with Crippen LogP contribution < -0.4 is 9.44 Å². The van der Waals surface area contributed by atoms with Gasteiger partial charge in [0, 0.05) is 20.0 Å². The smallest absolute Gasteiger partial charge is 0.303 e. The van der Waals surface area contributed by atoms with Crippen LogP contribution in [0.5, 0.6) is 0 Å². The van der Waals surface area contributed by atoms with Gasteiger partial charge in [-0.05, 0) is 12.8 Å². The lowest BCUT2D eigenvalue weighted by Crippen LogP contribution is -2.34. The lowest BCUT2D eigenvalue weighted by Gasteiger charge is -2.03. The molecule has 0 radical (unpaired) electrons. The van der Waals surface area contributed by atoms with E-state index in [-0.39, 0.29) is 6.42 Å². The molecule has 0 unspecified atom stereocenters. The summed E-state index contributed by atoms with van der Waals surface area (Å²) in [6.45, 7) is 0.336. The molecule has 0 aliphatic heterocycles. The highest BCUT2D eigenvalue weighted by molar-refractivity contribution is 7.87. The molecule has 0 aromatic rings. The molecule has 0 bridgehead atoms. The maximum atomic E-state index is 10.8. The second-order valence-electron chi connectivity index (χ2n) is 2.81. The maximum Gasteiger partial charge on any atom is 0.303 e. The molecular formula is C7H16N2O4S. The van der Waals surface area contributed by atoms with Crippen molar-refractivity contribution in [2.75, 3.05) is 13.6 Å². The third-order valence-electron chi connectivity index (χ3n) is 1.63. The zero-order valence-electron chi connectivity index (χ0n) is 8.12. The van der Waals surface area contributed by atoms with Gasteiger partial charge in [0.1, 0.15) is 0 Å². The zero-order chi connectivity index (χ0) is 11.0. The van der Waals surface area contributed by atoms with E-state index in [1.165, 1.54) is 7.05 Å². The lowest BCUT2D eigenvalue weighted by molar-refractivity contribution is -0.137. The molecule has 0 saturated carbocycles. The van der Waals surface area contributed by atoms with Crippen molar-refractivity contribution in [1.82, 2.24) is 9.44 Å². The van der Waals surface area contributed by atoms with Crippen LogP contribution in [0.1, 0.15) is 25.7 Å². The molecule has 0 amide bonds. The van der Waals surface area contributed by atoms with Crippen molar-refractivity contribution in [3.05, 3.63) is 0 Å². The number of hydrogen-bond acceptors (Lipinski definition) is 3. The van der Waals surface area contributed by atoms with Crippen molar-refractivity contribution in [3.8, 4) is 0 Å². The fraction of sp³-hybridized carbons (Fsp3) is 0.857. The van der Waals surface area contributed by atoms with Gasteiger partial charge in [0.15, 0.2) is 0 Å². The van der Waals surface area contributed by atoms with Gasteiger partial charge >= 0.3 is 5.97 Å². The van der Waals surface area contributed by atoms with Gasteiger partial charge in [-0.3, -0.25) is 4.79 Å². The largest absolute Gasteiger partial charge is 0.481 e. The molecule has 0 spiro atoms. The van der Waals surface area contributed by atoms with Crippen molar-refractivity contribution < 1.29 is 18.3 Å². The van der Waals surface area contributed by atoms with Crippen molar-refractivity contribution in [2.24, 2.45) is 0 Å². The molecule has 0 aromatic carbocycles. The molecule has 0 aliphatic carbocycles. The van der Waals surface area contributed by atoms with Crippen LogP contribution >= 0.6 is 0 Å². The molecular weight excluding hydrogens is 208 g/mol. The first-order valence-corrected chi connectivity index (χ1v) is 5.86. The SMILES string of the molecule is CNS(=O)(=O)NCCCCCC(=O)O. The average Bonchev–Trinajstić information content (AvgIpc) is 2.10. The molecule has 0 aliphatic rings. The number of rotatable bonds is 8. The molecule has 6 nitrogen and oxygen atoms in total. The number of nitrogens with one attached hydrogen (secondary N) is 2. The quantitative estimate of drug-likeness (QED) is 0.493. The van der Waals surface area contributed by atoms with E-state index >= 15 is 0 Å². The molecule has 14 heavy (non-hydrogen) atoms. The molecule has 7 heteroatoms. The normalized spacial score (nSPS) is 11.5. The number of hydrogen-bond donors (Lipinski definition) is 3. The highest BCUT2D eigenvalue weighted by Crippen LogP contribution is 1.98. The van der Waals surface area contributed by atoms with Gasteiger partial charge in [0.2, 0.25) is 0 Å². The minimum absolute atomic E-state index is 0.138. The van der Waals surface area contributed by atoms with E-state index in [0.29, 0.717) is 25.8 Å². The number of carboxylic acid groups (broad SMARTS) is 1. The summed E-state index contributed by atoms with van der Waals surface area (Å²) in [5.41, 5.74) is 0. The summed E-state index contributed by atoms with van der Waals surface area (Å²) in [5, 5.41) is 8.32. The molecule has 0 saturated heterocycles. The Morgan fingerprint density at radius 2 is 1.93 bits per heavy atom. The van der Waals surface area contributed by atoms with Gasteiger partial charge in [-0.15, -0.1) is 0 Å². The Balaban J connectivity index is 3.35. The molecule has 0 atom stereocenters. The van der Waals surface area contributed by atoms with Gasteiger partial charge in [-0.1, -0.05) is 6.42 Å². The van der Waals surface area contributed by atoms with Crippen LogP contribution in [0.3, 0.4) is 0 Å². The standard InChI is InChI=1S/C7H16N2O4S/c1-8-14(12,13)9-6-4-2-3-5-7(10)11/h8-9H,2-6H2,1H3,(H,10,11). The predicted molar refractivity (Wildman–Crippen MR) is 52.1 cm³/mol. The number of carboxylic acids is 1. The summed E-state index contributed by atoms with van der Waals surface area (Å²) in [6, 6.07) is 0. The highest BCUT2D eigenvalue weighted by atomic mass is 32.2. The highest BCUT2D eigenvalue weighted by Gasteiger charge is 2.03. The van der Waals surface area contributed by atoms with Crippen LogP contribution in [0.15, 0.2) is 0 Å². The summed E-state index contributed by atoms with van der Waals surface area (Å²) in [5.74, 6) is -0.819. The van der Waals surface area contributed by atoms with Gasteiger partial charge in [0.25, 0.3) is 10.2 Å². The first kappa shape index (κ1) is 13.3. The summed E-state index contributed by atoms with van der Waals surface area (Å²) < 4.78 is 26.1. The van der Waals surface area contributed by atoms with Crippen molar-refractivity contribution in [3.63, 3.8) is 0 Å². The second-order valence-corrected chi connectivity index (χ2v) is 4.51. The number of carbonyl (C=O) groups is 1. The third kappa shape index (κ3) is 7.96. The van der Waals surface area contributed by atoms with E-state index in [1.54, 1.807) is 0 Å². The Bertz CT molecular complexity index is 263. The van der Waals surface area contributed by atoms with Crippen LogP contribution in [0.25, 0.3) is 0 Å². The zero-order valence-corrected chi connectivity index (χ0v) is 8.93. The van der Waals surface area contributed by atoms with Crippen LogP contribution in [0, 0.1) is 0 Å². The fourth-order valence-electron chi connectivity index (χ4n) is 0.857. The monoisotopic (exact) mass is 224 g/mol. The van der Waals surface area contributed by atoms with Gasteiger partial charge in [-0.25, -0.2) is 9.44 Å². The fourth-order valence-corrected chi connectivity index (χ4v) is 1.41. The van der Waals surface area contributed by atoms with Crippen molar-refractivity contribution in [2.45, 2.75) is 25.7 Å². The van der Waals surface area contributed by atoms with E-state index in [4.69, 9.17) is 5.11 Å². The molecule has 3 N–H and O–H groups in total. The van der Waals surface area contributed by atoms with Crippen LogP contribution in [0.2, 0.25) is 0 Å². The molecule has 0 fully saturated rings. The van der Waals surface area contributed by atoms with Crippen molar-refractivity contribution in [1.29, 1.82) is 0 Å². The van der Waals surface area contributed by atoms with Gasteiger partial charge < -0.3 is 5.11 Å². The van der Waals surface area contributed by atoms with Gasteiger partial charge in [0.05, 0.1) is 0 Å². The van der Waals surface area contributed by atoms with E-state index in [0.717, 1.165) is 0 Å². The number of aliphatic carboxylic acids is 1. The Kier molecular flexibility index (Phi) is 6.43. The lowest BCUT2D eigenvalue weighted by atomic mass is 10.2. The Morgan fingerprint density at radius 1 is 1.29 bits per heavy atom. The minimum Gasteiger partial charge on any atom is -0.481 e. The van der Waals surface area contributed by atoms with Crippen molar-refractivity contribution >= 4 is 16.2 Å². The Morgan fingerprint density at radius 3 is 2.43 bits per heavy atom. The summed E-state index contributed by atoms with van der Waals surface area (Å²) in [7, 11) is -2.01. The molecule has 84 valence electrons. The first-order chi connectivity index (χ1) is 6.48. The average molecular weight is 224 g/mol. The number of unbranched alkanes of at least 4 members (excludes halogenated alkanes) is 2. The Labute approximate surface area is 83.9 Å². The summed E-state index contributed by atoms with van der Waals surface area (Å²) in [4.78, 5) is 10.1. The Hall–Kier alpha value is -0.660. The summed E-state index contributed by atoms with van der Waals surface area (Å²) in [6.07, 6.45) is 2.07. The topological polar surface area (TPSA) is 95.5 Å². The summed E-state index contributed by atoms with van der Waals surface area (Å²) >= 11 is 0. The van der Waals surface area contributed by atoms with E-state index in [2.05, 4.69) is 9.44 Å². The third-order valence-corrected chi connectivity index (χ3v) is 2.75. The predicted octanol–water partition coefficient (Wildman–Crippen LogP) is -0.315. The van der Waals surface area contributed by atoms with E-state index in [1.807, 2.05) is 0 Å². The maximum absolute atomic E-state index is 10.8. The van der Waals surface area contributed by atoms with E-state index in [9.17, 15) is 13.2 Å². The van der Waals surface area contributed by atoms with Crippen LogP contribution in [-0.4, -0.2) is 33.1 Å². The second kappa shape index (κ2) is 6.74. The first-order valence-electron chi connectivity index (χ1n) is 4.38. The van der Waals surface area contributed by atoms with Crippen LogP contribution in [0.4, 0.5) is 0 Å². The molecule has 0 heterocycles.